The van der Waals surface area contributed by atoms with Gasteiger partial charge in [-0.1, -0.05) is 32.9 Å². The molecule has 0 aromatic heterocycles. The molecule has 0 amide bonds. The van der Waals surface area contributed by atoms with Gasteiger partial charge in [-0.05, 0) is 82.3 Å². The quantitative estimate of drug-likeness (QED) is 0.438. The summed E-state index contributed by atoms with van der Waals surface area (Å²) in [6.07, 6.45) is 0.722. The fraction of sp³-hybridized carbons (Fsp3) is 0.692. The first-order chi connectivity index (χ1) is 14.9. The number of benzene rings is 1. The summed E-state index contributed by atoms with van der Waals surface area (Å²) in [5, 5.41) is 0.143. The summed E-state index contributed by atoms with van der Waals surface area (Å²) in [6, 6.07) is 7.94. The lowest BCUT2D eigenvalue weighted by molar-refractivity contribution is 0.00578. The molecule has 2 rings (SSSR count). The number of hydrogen-bond donors (Lipinski definition) is 1. The monoisotopic (exact) mass is 475 g/mol. The molecule has 1 saturated heterocycles. The molecule has 33 heavy (non-hydrogen) atoms. The van der Waals surface area contributed by atoms with Crippen LogP contribution in [0.2, 0.25) is 18.1 Å². The third-order valence-corrected chi connectivity index (χ3v) is 12.6. The molecule has 0 unspecified atom stereocenters. The SMILES string of the molecule is C=C(B1OC(C)(C)C(C)(C)O1)[C@H](CCO[Si](C)(C)C(C)(C)C)[C@@](C)(N)c1cccc(OC)c1. The van der Waals surface area contributed by atoms with Gasteiger partial charge in [-0.2, -0.15) is 0 Å². The topological polar surface area (TPSA) is 62.9 Å². The number of rotatable bonds is 9. The lowest BCUT2D eigenvalue weighted by Crippen LogP contribution is -2.47. The highest BCUT2D eigenvalue weighted by atomic mass is 28.4. The van der Waals surface area contributed by atoms with Crippen molar-refractivity contribution in [2.75, 3.05) is 13.7 Å². The van der Waals surface area contributed by atoms with Crippen LogP contribution < -0.4 is 10.5 Å². The molecule has 0 radical (unpaired) electrons. The van der Waals surface area contributed by atoms with Gasteiger partial charge in [-0.3, -0.25) is 0 Å². The summed E-state index contributed by atoms with van der Waals surface area (Å²) in [5.74, 6) is 0.658. The summed E-state index contributed by atoms with van der Waals surface area (Å²) in [4.78, 5) is 0. The molecule has 2 N–H and O–H groups in total. The molecule has 0 aliphatic carbocycles. The van der Waals surface area contributed by atoms with Gasteiger partial charge in [0.1, 0.15) is 5.75 Å². The Balaban J connectivity index is 2.36. The van der Waals surface area contributed by atoms with Crippen molar-refractivity contribution in [3.05, 3.63) is 41.9 Å². The van der Waals surface area contributed by atoms with Gasteiger partial charge in [0.2, 0.25) is 0 Å². The van der Waals surface area contributed by atoms with Crippen LogP contribution >= 0.6 is 0 Å². The van der Waals surface area contributed by atoms with E-state index in [1.807, 2.05) is 24.3 Å². The molecule has 7 heteroatoms. The van der Waals surface area contributed by atoms with Gasteiger partial charge < -0.3 is 24.2 Å². The molecular formula is C26H46BNO4Si. The van der Waals surface area contributed by atoms with E-state index >= 15 is 0 Å². The molecule has 5 nitrogen and oxygen atoms in total. The fourth-order valence-electron chi connectivity index (χ4n) is 3.84. The summed E-state index contributed by atoms with van der Waals surface area (Å²) in [5.41, 5.74) is 7.31. The number of ether oxygens (including phenoxy) is 1. The van der Waals surface area contributed by atoms with Crippen molar-refractivity contribution in [3.8, 4) is 5.75 Å². The van der Waals surface area contributed by atoms with Crippen LogP contribution in [0.1, 0.15) is 67.4 Å². The number of nitrogens with two attached hydrogens (primary N) is 1. The Morgan fingerprint density at radius 3 is 2.15 bits per heavy atom. The first-order valence-corrected chi connectivity index (χ1v) is 14.9. The first-order valence-electron chi connectivity index (χ1n) is 12.0. The lowest BCUT2D eigenvalue weighted by atomic mass is 9.63. The Labute approximate surface area is 203 Å². The van der Waals surface area contributed by atoms with Crippen molar-refractivity contribution in [3.63, 3.8) is 0 Å². The van der Waals surface area contributed by atoms with E-state index in [1.165, 1.54) is 0 Å². The molecular weight excluding hydrogens is 429 g/mol. The summed E-state index contributed by atoms with van der Waals surface area (Å²) in [6.45, 7) is 26.6. The molecule has 1 fully saturated rings. The van der Waals surface area contributed by atoms with E-state index in [0.29, 0.717) is 6.61 Å². The Morgan fingerprint density at radius 1 is 1.12 bits per heavy atom. The second kappa shape index (κ2) is 9.50. The minimum atomic E-state index is -1.89. The van der Waals surface area contributed by atoms with Gasteiger partial charge in [0.15, 0.2) is 8.32 Å². The van der Waals surface area contributed by atoms with Gasteiger partial charge in [0.25, 0.3) is 0 Å². The second-order valence-corrected chi connectivity index (χ2v) is 16.9. The lowest BCUT2D eigenvalue weighted by Gasteiger charge is -2.39. The highest BCUT2D eigenvalue weighted by Gasteiger charge is 2.54. The van der Waals surface area contributed by atoms with Crippen molar-refractivity contribution >= 4 is 15.4 Å². The van der Waals surface area contributed by atoms with Crippen molar-refractivity contribution < 1.29 is 18.5 Å². The summed E-state index contributed by atoms with van der Waals surface area (Å²) in [7, 11) is -0.749. The van der Waals surface area contributed by atoms with Crippen LogP contribution in [0.4, 0.5) is 0 Å². The van der Waals surface area contributed by atoms with Gasteiger partial charge in [-0.15, -0.1) is 6.58 Å². The van der Waals surface area contributed by atoms with E-state index in [9.17, 15) is 0 Å². The highest BCUT2D eigenvalue weighted by Crippen LogP contribution is 2.44. The summed E-state index contributed by atoms with van der Waals surface area (Å²) >= 11 is 0. The predicted molar refractivity (Wildman–Crippen MR) is 141 cm³/mol. The Hall–Kier alpha value is -1.12. The van der Waals surface area contributed by atoms with Gasteiger partial charge in [0.05, 0.1) is 18.3 Å². The van der Waals surface area contributed by atoms with Crippen molar-refractivity contribution in [1.29, 1.82) is 0 Å². The molecule has 0 bridgehead atoms. The molecule has 1 aliphatic rings. The first kappa shape index (κ1) is 28.1. The maximum absolute atomic E-state index is 7.07. The van der Waals surface area contributed by atoms with Crippen molar-refractivity contribution in [2.45, 2.75) is 96.7 Å². The average Bonchev–Trinajstić information content (AvgIpc) is 2.91. The van der Waals surface area contributed by atoms with Crippen LogP contribution in [-0.4, -0.2) is 40.4 Å². The standard InChI is InChI=1S/C26H46BNO4Si/c1-19(27-31-24(5,6)25(7,8)32-27)22(16-17-30-33(11,12)23(2,3)4)26(9,28)20-14-13-15-21(18-20)29-10/h13-15,18,22H,1,16-17,28H2,2-12H3/t22-,26-/m0/s1. The van der Waals surface area contributed by atoms with E-state index in [2.05, 4.69) is 75.1 Å². The molecule has 1 aromatic rings. The van der Waals surface area contributed by atoms with E-state index in [4.69, 9.17) is 24.2 Å². The number of methoxy groups -OCH3 is 1. The van der Waals surface area contributed by atoms with Crippen LogP contribution in [-0.2, 0) is 19.3 Å². The van der Waals surface area contributed by atoms with Gasteiger partial charge in [0, 0.05) is 18.1 Å². The predicted octanol–water partition coefficient (Wildman–Crippen LogP) is 6.08. The van der Waals surface area contributed by atoms with E-state index in [0.717, 1.165) is 23.2 Å². The molecule has 1 aromatic carbocycles. The number of hydrogen-bond acceptors (Lipinski definition) is 5. The van der Waals surface area contributed by atoms with Gasteiger partial charge >= 0.3 is 7.12 Å². The third kappa shape index (κ3) is 5.94. The fourth-order valence-corrected chi connectivity index (χ4v) is 4.90. The maximum Gasteiger partial charge on any atom is 0.490 e. The molecule has 1 aliphatic heterocycles. The van der Waals surface area contributed by atoms with E-state index in [1.54, 1.807) is 7.11 Å². The average molecular weight is 476 g/mol. The molecule has 0 spiro atoms. The van der Waals surface area contributed by atoms with Crippen molar-refractivity contribution in [1.82, 2.24) is 0 Å². The third-order valence-electron chi connectivity index (χ3n) is 8.09. The van der Waals surface area contributed by atoms with Crippen LogP contribution in [0.25, 0.3) is 0 Å². The Kier molecular flexibility index (Phi) is 8.09. The maximum atomic E-state index is 7.07. The zero-order valence-electron chi connectivity index (χ0n) is 22.8. The van der Waals surface area contributed by atoms with Gasteiger partial charge in [-0.25, -0.2) is 0 Å². The van der Waals surface area contributed by atoms with E-state index in [-0.39, 0.29) is 11.0 Å². The van der Waals surface area contributed by atoms with Crippen LogP contribution in [0, 0.1) is 5.92 Å². The molecule has 1 heterocycles. The van der Waals surface area contributed by atoms with Crippen LogP contribution in [0.3, 0.4) is 0 Å². The highest BCUT2D eigenvalue weighted by molar-refractivity contribution is 6.74. The minimum Gasteiger partial charge on any atom is -0.497 e. The Morgan fingerprint density at radius 2 is 1.67 bits per heavy atom. The largest absolute Gasteiger partial charge is 0.497 e. The minimum absolute atomic E-state index is 0.121. The van der Waals surface area contributed by atoms with Crippen molar-refractivity contribution in [2.24, 2.45) is 11.7 Å². The smallest absolute Gasteiger partial charge is 0.490 e. The zero-order chi connectivity index (χ0) is 25.5. The summed E-state index contributed by atoms with van der Waals surface area (Å²) < 4.78 is 24.7. The van der Waals surface area contributed by atoms with Crippen LogP contribution in [0.15, 0.2) is 36.3 Å². The molecule has 2 atom stereocenters. The molecule has 0 saturated carbocycles. The second-order valence-electron chi connectivity index (χ2n) is 12.1. The van der Waals surface area contributed by atoms with E-state index < -0.39 is 32.2 Å². The molecule has 186 valence electrons. The normalized spacial score (nSPS) is 20.9. The van der Waals surface area contributed by atoms with Crippen LogP contribution in [0.5, 0.6) is 5.75 Å². The zero-order valence-corrected chi connectivity index (χ0v) is 23.8. The Bertz CT molecular complexity index is 829.